The third-order valence-electron chi connectivity index (χ3n) is 3.36. The first-order valence-electron chi connectivity index (χ1n) is 8.54. The van der Waals surface area contributed by atoms with Gasteiger partial charge in [0.05, 0.1) is 0 Å². The second-order valence-corrected chi connectivity index (χ2v) is 8.24. The number of amides is 1. The summed E-state index contributed by atoms with van der Waals surface area (Å²) in [4.78, 5) is 11.6. The highest BCUT2D eigenvalue weighted by molar-refractivity contribution is 5.67. The van der Waals surface area contributed by atoms with E-state index in [0.29, 0.717) is 5.56 Å². The van der Waals surface area contributed by atoms with Gasteiger partial charge in [-0.05, 0) is 52.7 Å². The highest BCUT2D eigenvalue weighted by Crippen LogP contribution is 2.18. The van der Waals surface area contributed by atoms with Crippen molar-refractivity contribution in [3.05, 3.63) is 35.4 Å². The van der Waals surface area contributed by atoms with Crippen LogP contribution in [0.3, 0.4) is 0 Å². The highest BCUT2D eigenvalue weighted by Gasteiger charge is 2.21. The fraction of sp³-hybridized carbons (Fsp3) is 0.632. The number of aliphatic hydroxyl groups excluding tert-OH is 2. The van der Waals surface area contributed by atoms with Gasteiger partial charge < -0.3 is 25.6 Å². The van der Waals surface area contributed by atoms with E-state index < -0.39 is 23.9 Å². The summed E-state index contributed by atoms with van der Waals surface area (Å²) in [5.74, 6) is 0. The van der Waals surface area contributed by atoms with E-state index in [1.807, 2.05) is 12.1 Å². The van der Waals surface area contributed by atoms with Gasteiger partial charge in [0, 0.05) is 18.6 Å². The van der Waals surface area contributed by atoms with Crippen molar-refractivity contribution in [1.29, 1.82) is 0 Å². The molecule has 0 fully saturated rings. The summed E-state index contributed by atoms with van der Waals surface area (Å²) in [6.45, 7) is 12.2. The van der Waals surface area contributed by atoms with E-state index in [4.69, 9.17) is 4.74 Å². The Bertz CT molecular complexity index is 544. The molecule has 0 aliphatic rings. The molecule has 4 N–H and O–H groups in total. The van der Waals surface area contributed by atoms with Crippen LogP contribution >= 0.6 is 0 Å². The summed E-state index contributed by atoms with van der Waals surface area (Å²) in [6, 6.07) is 7.37. The van der Waals surface area contributed by atoms with Crippen LogP contribution in [0.4, 0.5) is 4.79 Å². The van der Waals surface area contributed by atoms with E-state index in [1.165, 1.54) is 0 Å². The second kappa shape index (κ2) is 8.65. The van der Waals surface area contributed by atoms with Gasteiger partial charge in [-0.2, -0.15) is 0 Å². The van der Waals surface area contributed by atoms with Crippen molar-refractivity contribution in [3.8, 4) is 0 Å². The topological polar surface area (TPSA) is 90.8 Å². The maximum absolute atomic E-state index is 11.6. The average Bonchev–Trinajstić information content (AvgIpc) is 2.48. The summed E-state index contributed by atoms with van der Waals surface area (Å²) in [6.07, 6.45) is -2.83. The summed E-state index contributed by atoms with van der Waals surface area (Å²) < 4.78 is 5.09. The molecule has 1 amide bonds. The molecule has 0 radical (unpaired) electrons. The molecule has 0 bridgehead atoms. The van der Waals surface area contributed by atoms with Crippen molar-refractivity contribution in [3.63, 3.8) is 0 Å². The fourth-order valence-electron chi connectivity index (χ4n) is 2.04. The minimum absolute atomic E-state index is 0.0295. The molecule has 1 aromatic carbocycles. The normalized spacial score (nSPS) is 14.7. The van der Waals surface area contributed by atoms with Crippen molar-refractivity contribution in [2.45, 2.75) is 71.4 Å². The zero-order valence-electron chi connectivity index (χ0n) is 16.1. The molecule has 0 aromatic heterocycles. The van der Waals surface area contributed by atoms with Crippen LogP contribution in [-0.4, -0.2) is 40.1 Å². The first-order chi connectivity index (χ1) is 11.4. The quantitative estimate of drug-likeness (QED) is 0.631. The summed E-state index contributed by atoms with van der Waals surface area (Å²) >= 11 is 0. The minimum atomic E-state index is -1.12. The summed E-state index contributed by atoms with van der Waals surface area (Å²) in [5, 5.41) is 26.1. The largest absolute Gasteiger partial charge is 0.444 e. The molecule has 0 spiro atoms. The molecule has 0 aliphatic heterocycles. The fourth-order valence-corrected chi connectivity index (χ4v) is 2.04. The Morgan fingerprint density at radius 1 is 1.08 bits per heavy atom. The van der Waals surface area contributed by atoms with E-state index in [-0.39, 0.29) is 12.1 Å². The van der Waals surface area contributed by atoms with Gasteiger partial charge in [0.1, 0.15) is 17.8 Å². The van der Waals surface area contributed by atoms with Crippen LogP contribution in [0.2, 0.25) is 0 Å². The van der Waals surface area contributed by atoms with E-state index in [9.17, 15) is 15.0 Å². The van der Waals surface area contributed by atoms with E-state index in [2.05, 4.69) is 31.4 Å². The Balaban J connectivity index is 2.52. The lowest BCUT2D eigenvalue weighted by molar-refractivity contribution is 0.0129. The lowest BCUT2D eigenvalue weighted by atomic mass is 10.0. The van der Waals surface area contributed by atoms with Gasteiger partial charge in [-0.3, -0.25) is 0 Å². The van der Waals surface area contributed by atoms with Gasteiger partial charge in [-0.25, -0.2) is 4.79 Å². The second-order valence-electron chi connectivity index (χ2n) is 8.24. The Morgan fingerprint density at radius 3 is 2.12 bits per heavy atom. The molecule has 2 atom stereocenters. The summed E-state index contributed by atoms with van der Waals surface area (Å²) in [7, 11) is 0. The smallest absolute Gasteiger partial charge is 0.407 e. The molecule has 0 aliphatic carbocycles. The number of alkyl carbamates (subject to hydrolysis) is 1. The molecule has 0 heterocycles. The molecular weight excluding hydrogens is 320 g/mol. The van der Waals surface area contributed by atoms with Gasteiger partial charge in [0.2, 0.25) is 0 Å². The first kappa shape index (κ1) is 21.4. The average molecular weight is 352 g/mol. The zero-order valence-corrected chi connectivity index (χ0v) is 16.1. The van der Waals surface area contributed by atoms with E-state index in [1.54, 1.807) is 32.9 Å². The van der Waals surface area contributed by atoms with Crippen LogP contribution in [0.5, 0.6) is 0 Å². The van der Waals surface area contributed by atoms with Gasteiger partial charge in [0.15, 0.2) is 0 Å². The lowest BCUT2D eigenvalue weighted by Crippen LogP contribution is -2.38. The number of aliphatic hydroxyl groups is 2. The van der Waals surface area contributed by atoms with Crippen LogP contribution < -0.4 is 10.6 Å². The Labute approximate surface area is 150 Å². The van der Waals surface area contributed by atoms with Crippen molar-refractivity contribution in [2.24, 2.45) is 0 Å². The predicted molar refractivity (Wildman–Crippen MR) is 98.2 cm³/mol. The van der Waals surface area contributed by atoms with Gasteiger partial charge in [0.25, 0.3) is 0 Å². The Hall–Kier alpha value is -1.63. The molecular formula is C19H32N2O4. The number of nitrogens with one attached hydrogen (secondary N) is 2. The molecule has 1 aromatic rings. The van der Waals surface area contributed by atoms with Crippen LogP contribution in [0.25, 0.3) is 0 Å². The molecule has 0 saturated carbocycles. The maximum atomic E-state index is 11.6. The van der Waals surface area contributed by atoms with Crippen LogP contribution in [0.15, 0.2) is 24.3 Å². The SMILES string of the molecule is CC(C)(C)NCc1ccc(C(O)C(O)CNC(=O)OC(C)(C)C)cc1. The monoisotopic (exact) mass is 352 g/mol. The third kappa shape index (κ3) is 8.86. The Kier molecular flexibility index (Phi) is 7.41. The molecule has 6 nitrogen and oxygen atoms in total. The molecule has 0 saturated heterocycles. The number of carbonyl (C=O) groups excluding carboxylic acids is 1. The number of benzene rings is 1. The number of carbonyl (C=O) groups is 1. The van der Waals surface area contributed by atoms with Crippen LogP contribution in [0.1, 0.15) is 58.8 Å². The lowest BCUT2D eigenvalue weighted by Gasteiger charge is -2.23. The highest BCUT2D eigenvalue weighted by atomic mass is 16.6. The van der Waals surface area contributed by atoms with Crippen LogP contribution in [0, 0.1) is 0 Å². The Morgan fingerprint density at radius 2 is 1.64 bits per heavy atom. The molecule has 25 heavy (non-hydrogen) atoms. The minimum Gasteiger partial charge on any atom is -0.444 e. The van der Waals surface area contributed by atoms with Gasteiger partial charge in [-0.15, -0.1) is 0 Å². The maximum Gasteiger partial charge on any atom is 0.407 e. The van der Waals surface area contributed by atoms with Crippen LogP contribution in [-0.2, 0) is 11.3 Å². The van der Waals surface area contributed by atoms with E-state index in [0.717, 1.165) is 12.1 Å². The molecule has 1 rings (SSSR count). The van der Waals surface area contributed by atoms with Gasteiger partial charge in [-0.1, -0.05) is 24.3 Å². The van der Waals surface area contributed by atoms with Crippen molar-refractivity contribution < 1.29 is 19.7 Å². The van der Waals surface area contributed by atoms with E-state index >= 15 is 0 Å². The van der Waals surface area contributed by atoms with Gasteiger partial charge >= 0.3 is 6.09 Å². The van der Waals surface area contributed by atoms with Crippen molar-refractivity contribution in [2.75, 3.05) is 6.54 Å². The number of ether oxygens (including phenoxy) is 1. The number of hydrogen-bond donors (Lipinski definition) is 4. The molecule has 2 unspecified atom stereocenters. The molecule has 6 heteroatoms. The standard InChI is InChI=1S/C19H32N2O4/c1-18(2,3)21-11-13-7-9-14(10-8-13)16(23)15(22)12-20-17(24)25-19(4,5)6/h7-10,15-16,21-23H,11-12H2,1-6H3,(H,20,24). The molecule has 142 valence electrons. The summed E-state index contributed by atoms with van der Waals surface area (Å²) in [5.41, 5.74) is 1.11. The first-order valence-corrected chi connectivity index (χ1v) is 8.54. The predicted octanol–water partition coefficient (Wildman–Crippen LogP) is 2.49. The third-order valence-corrected chi connectivity index (χ3v) is 3.36. The number of hydrogen-bond acceptors (Lipinski definition) is 5. The van der Waals surface area contributed by atoms with Crippen molar-refractivity contribution >= 4 is 6.09 Å². The zero-order chi connectivity index (χ0) is 19.3. The number of rotatable bonds is 6. The van der Waals surface area contributed by atoms with Crippen molar-refractivity contribution in [1.82, 2.24) is 10.6 Å².